The van der Waals surface area contributed by atoms with Crippen LogP contribution < -0.4 is 16.4 Å². The highest BCUT2D eigenvalue weighted by Gasteiger charge is 2.30. The first kappa shape index (κ1) is 20.8. The number of rotatable bonds is 2. The normalized spacial score (nSPS) is 23.8. The Labute approximate surface area is 146 Å². The summed E-state index contributed by atoms with van der Waals surface area (Å²) in [6, 6.07) is -0.484. The van der Waals surface area contributed by atoms with Crippen molar-refractivity contribution < 1.29 is 28.7 Å². The van der Waals surface area contributed by atoms with Crippen molar-refractivity contribution in [1.29, 1.82) is 0 Å². The van der Waals surface area contributed by atoms with E-state index in [0.717, 1.165) is 0 Å². The third-order valence-corrected chi connectivity index (χ3v) is 3.47. The first-order valence-corrected chi connectivity index (χ1v) is 8.12. The zero-order valence-electron chi connectivity index (χ0n) is 14.7. The largest absolute Gasteiger partial charge is 0.460 e. The van der Waals surface area contributed by atoms with Crippen molar-refractivity contribution in [3.63, 3.8) is 0 Å². The van der Waals surface area contributed by atoms with Gasteiger partial charge in [-0.05, 0) is 33.6 Å². The van der Waals surface area contributed by atoms with Crippen LogP contribution in [0.1, 0.15) is 52.9 Å². The standard InChI is InChI=1S/C11H17NO4.C5H8N2O2/c1-11(2,3)16-9(14)6-7-4-5-8(13)12-10(7)15;6-3-1-2-4(8)7-5(3)9/h7H,4-6H2,1-3H3,(H,12,13,15);3H,1-2,6H2,(H,7,8,9). The second-order valence-electron chi connectivity index (χ2n) is 7.00. The van der Waals surface area contributed by atoms with Crippen LogP contribution in [0.15, 0.2) is 0 Å². The van der Waals surface area contributed by atoms with Gasteiger partial charge >= 0.3 is 5.97 Å². The maximum absolute atomic E-state index is 11.5. The fourth-order valence-electron chi connectivity index (χ4n) is 2.23. The summed E-state index contributed by atoms with van der Waals surface area (Å²) in [5.74, 6) is -2.06. The van der Waals surface area contributed by atoms with Crippen molar-refractivity contribution in [2.45, 2.75) is 64.5 Å². The molecule has 4 amide bonds. The summed E-state index contributed by atoms with van der Waals surface area (Å²) in [4.78, 5) is 54.7. The van der Waals surface area contributed by atoms with Gasteiger partial charge in [-0.25, -0.2) is 0 Å². The number of nitrogens with one attached hydrogen (secondary N) is 2. The Bertz CT molecular complexity index is 567. The van der Waals surface area contributed by atoms with Crippen LogP contribution in [0.2, 0.25) is 0 Å². The molecule has 9 heteroatoms. The average Bonchev–Trinajstić information content (AvgIpc) is 2.45. The summed E-state index contributed by atoms with van der Waals surface area (Å²) in [5.41, 5.74) is 4.73. The number of imide groups is 2. The maximum atomic E-state index is 11.5. The van der Waals surface area contributed by atoms with Gasteiger partial charge < -0.3 is 10.5 Å². The average molecular weight is 355 g/mol. The maximum Gasteiger partial charge on any atom is 0.307 e. The molecule has 0 radical (unpaired) electrons. The molecular weight excluding hydrogens is 330 g/mol. The van der Waals surface area contributed by atoms with Crippen LogP contribution in [0, 0.1) is 5.92 Å². The number of esters is 1. The number of carbonyl (C=O) groups excluding carboxylic acids is 5. The molecule has 4 N–H and O–H groups in total. The third kappa shape index (κ3) is 7.88. The molecule has 9 nitrogen and oxygen atoms in total. The molecule has 140 valence electrons. The first-order valence-electron chi connectivity index (χ1n) is 8.12. The smallest absolute Gasteiger partial charge is 0.307 e. The van der Waals surface area contributed by atoms with Crippen LogP contribution in [0.4, 0.5) is 0 Å². The molecule has 0 aromatic carbocycles. The van der Waals surface area contributed by atoms with Gasteiger partial charge in [-0.2, -0.15) is 0 Å². The lowest BCUT2D eigenvalue weighted by atomic mass is 9.95. The van der Waals surface area contributed by atoms with E-state index < -0.39 is 23.5 Å². The van der Waals surface area contributed by atoms with Crippen LogP contribution in [0.3, 0.4) is 0 Å². The van der Waals surface area contributed by atoms with Crippen LogP contribution in [-0.4, -0.2) is 41.2 Å². The Morgan fingerprint density at radius 1 is 1.04 bits per heavy atom. The number of piperidine rings is 2. The fraction of sp³-hybridized carbons (Fsp3) is 0.688. The van der Waals surface area contributed by atoms with E-state index in [2.05, 4.69) is 10.6 Å². The van der Waals surface area contributed by atoms with Crippen molar-refractivity contribution in [3.8, 4) is 0 Å². The Morgan fingerprint density at radius 3 is 2.00 bits per heavy atom. The van der Waals surface area contributed by atoms with Crippen LogP contribution >= 0.6 is 0 Å². The van der Waals surface area contributed by atoms with Crippen molar-refractivity contribution in [1.82, 2.24) is 10.6 Å². The molecule has 2 aliphatic heterocycles. The van der Waals surface area contributed by atoms with Gasteiger partial charge in [-0.1, -0.05) is 0 Å². The molecular formula is C16H25N3O6. The second kappa shape index (κ2) is 8.70. The van der Waals surface area contributed by atoms with Crippen molar-refractivity contribution in [2.75, 3.05) is 0 Å². The molecule has 2 fully saturated rings. The third-order valence-electron chi connectivity index (χ3n) is 3.47. The van der Waals surface area contributed by atoms with Gasteiger partial charge in [-0.3, -0.25) is 34.6 Å². The lowest BCUT2D eigenvalue weighted by Gasteiger charge is -2.23. The quantitative estimate of drug-likeness (QED) is 0.448. The molecule has 2 saturated heterocycles. The summed E-state index contributed by atoms with van der Waals surface area (Å²) in [6.07, 6.45) is 1.59. The molecule has 2 unspecified atom stereocenters. The van der Waals surface area contributed by atoms with E-state index in [1.165, 1.54) is 0 Å². The van der Waals surface area contributed by atoms with Crippen molar-refractivity contribution in [3.05, 3.63) is 0 Å². The topological polar surface area (TPSA) is 145 Å². The minimum atomic E-state index is -0.544. The second-order valence-corrected chi connectivity index (χ2v) is 7.00. The Morgan fingerprint density at radius 2 is 1.56 bits per heavy atom. The highest BCUT2D eigenvalue weighted by Crippen LogP contribution is 2.18. The van der Waals surface area contributed by atoms with Crippen molar-refractivity contribution >= 4 is 29.6 Å². The lowest BCUT2D eigenvalue weighted by molar-refractivity contribution is -0.158. The summed E-state index contributed by atoms with van der Waals surface area (Å²) in [6.45, 7) is 5.32. The monoisotopic (exact) mass is 355 g/mol. The molecule has 2 rings (SSSR count). The molecule has 0 saturated carbocycles. The van der Waals surface area contributed by atoms with E-state index in [-0.39, 0.29) is 30.0 Å². The van der Waals surface area contributed by atoms with E-state index >= 15 is 0 Å². The SMILES string of the molecule is CC(C)(C)OC(=O)CC1CCC(=O)NC1=O.NC1CCC(=O)NC1=O. The molecule has 0 spiro atoms. The molecule has 0 aromatic heterocycles. The minimum Gasteiger partial charge on any atom is -0.460 e. The highest BCUT2D eigenvalue weighted by atomic mass is 16.6. The van der Waals surface area contributed by atoms with Crippen molar-refractivity contribution in [2.24, 2.45) is 11.7 Å². The van der Waals surface area contributed by atoms with Gasteiger partial charge in [-0.15, -0.1) is 0 Å². The zero-order chi connectivity index (χ0) is 19.2. The van der Waals surface area contributed by atoms with E-state index in [1.54, 1.807) is 20.8 Å². The van der Waals surface area contributed by atoms with E-state index in [4.69, 9.17) is 10.5 Å². The highest BCUT2D eigenvalue weighted by molar-refractivity contribution is 6.00. The summed E-state index contributed by atoms with van der Waals surface area (Å²) >= 11 is 0. The van der Waals surface area contributed by atoms with Gasteiger partial charge in [0.05, 0.1) is 12.5 Å². The lowest BCUT2D eigenvalue weighted by Crippen LogP contribution is -2.48. The predicted octanol–water partition coefficient (Wildman–Crippen LogP) is -0.479. The first-order chi connectivity index (χ1) is 11.5. The van der Waals surface area contributed by atoms with E-state index in [0.29, 0.717) is 25.7 Å². The Kier molecular flexibility index (Phi) is 7.22. The molecule has 2 heterocycles. The molecule has 25 heavy (non-hydrogen) atoms. The fourth-order valence-corrected chi connectivity index (χ4v) is 2.23. The molecule has 2 aliphatic rings. The van der Waals surface area contributed by atoms with Crippen LogP contribution in [-0.2, 0) is 28.7 Å². The van der Waals surface area contributed by atoms with E-state index in [9.17, 15) is 24.0 Å². The minimum absolute atomic E-state index is 0.0381. The number of nitrogens with two attached hydrogens (primary N) is 1. The molecule has 0 aliphatic carbocycles. The number of amides is 4. The predicted molar refractivity (Wildman–Crippen MR) is 86.7 cm³/mol. The summed E-state index contributed by atoms with van der Waals surface area (Å²) in [7, 11) is 0. The van der Waals surface area contributed by atoms with Crippen LogP contribution in [0.5, 0.6) is 0 Å². The number of ether oxygens (including phenoxy) is 1. The van der Waals surface area contributed by atoms with Gasteiger partial charge in [0.25, 0.3) is 0 Å². The van der Waals surface area contributed by atoms with Gasteiger partial charge in [0.1, 0.15) is 5.60 Å². The Balaban J connectivity index is 0.000000293. The van der Waals surface area contributed by atoms with E-state index in [1.807, 2.05) is 0 Å². The number of hydrogen-bond donors (Lipinski definition) is 3. The summed E-state index contributed by atoms with van der Waals surface area (Å²) < 4.78 is 5.11. The molecule has 2 atom stereocenters. The van der Waals surface area contributed by atoms with Crippen LogP contribution in [0.25, 0.3) is 0 Å². The van der Waals surface area contributed by atoms with Gasteiger partial charge in [0.2, 0.25) is 23.6 Å². The summed E-state index contributed by atoms with van der Waals surface area (Å²) in [5, 5.41) is 4.34. The Hall–Kier alpha value is -2.29. The number of hydrogen-bond acceptors (Lipinski definition) is 7. The molecule has 0 aromatic rings. The molecule has 0 bridgehead atoms. The number of carbonyl (C=O) groups is 5. The zero-order valence-corrected chi connectivity index (χ0v) is 14.7. The van der Waals surface area contributed by atoms with Gasteiger partial charge in [0, 0.05) is 18.8 Å². The van der Waals surface area contributed by atoms with Gasteiger partial charge in [0.15, 0.2) is 0 Å².